The van der Waals surface area contributed by atoms with Gasteiger partial charge in [-0.05, 0) is 17.5 Å². The summed E-state index contributed by atoms with van der Waals surface area (Å²) in [5, 5.41) is 0. The largest absolute Gasteiger partial charge is 0.494 e. The first-order chi connectivity index (χ1) is 6.36. The van der Waals surface area contributed by atoms with Gasteiger partial charge in [-0.25, -0.2) is 0 Å². The van der Waals surface area contributed by atoms with Crippen LogP contribution in [0.5, 0.6) is 5.75 Å². The van der Waals surface area contributed by atoms with E-state index in [0.29, 0.717) is 11.4 Å². The molecule has 14 heavy (non-hydrogen) atoms. The second-order valence-corrected chi connectivity index (χ2v) is 4.44. The Labute approximate surface area is 85.0 Å². The summed E-state index contributed by atoms with van der Waals surface area (Å²) in [6, 6.07) is 3.63. The van der Waals surface area contributed by atoms with Gasteiger partial charge in [-0.15, -0.1) is 0 Å². The molecule has 3 nitrogen and oxygen atoms in total. The first-order valence-corrected chi connectivity index (χ1v) is 4.59. The molecule has 0 aromatic heterocycles. The van der Waals surface area contributed by atoms with Crippen molar-refractivity contribution < 1.29 is 4.74 Å². The molecule has 0 atom stereocenters. The van der Waals surface area contributed by atoms with Crippen molar-refractivity contribution in [1.82, 2.24) is 0 Å². The number of nitrogens with two attached hydrogens (primary N) is 2. The van der Waals surface area contributed by atoms with E-state index in [2.05, 4.69) is 20.8 Å². The van der Waals surface area contributed by atoms with E-state index < -0.39 is 0 Å². The third kappa shape index (κ3) is 1.92. The van der Waals surface area contributed by atoms with Crippen LogP contribution in [0.1, 0.15) is 26.3 Å². The standard InChI is InChI=1S/C11H18N2O/c1-11(2,3)8-5-7(12)6-9(13)10(8)14-4/h5-6H,12-13H2,1-4H3. The molecule has 4 N–H and O–H groups in total. The smallest absolute Gasteiger partial charge is 0.145 e. The Morgan fingerprint density at radius 2 is 1.71 bits per heavy atom. The second-order valence-electron chi connectivity index (χ2n) is 4.44. The molecular weight excluding hydrogens is 176 g/mol. The topological polar surface area (TPSA) is 61.3 Å². The summed E-state index contributed by atoms with van der Waals surface area (Å²) in [5.41, 5.74) is 13.9. The molecule has 78 valence electrons. The number of rotatable bonds is 1. The molecule has 1 rings (SSSR count). The lowest BCUT2D eigenvalue weighted by Gasteiger charge is -2.23. The van der Waals surface area contributed by atoms with Gasteiger partial charge in [-0.3, -0.25) is 0 Å². The summed E-state index contributed by atoms with van der Waals surface area (Å²) in [6.45, 7) is 6.30. The maximum Gasteiger partial charge on any atom is 0.145 e. The summed E-state index contributed by atoms with van der Waals surface area (Å²) in [6.07, 6.45) is 0. The van der Waals surface area contributed by atoms with Crippen molar-refractivity contribution in [3.8, 4) is 5.75 Å². The second kappa shape index (κ2) is 3.40. The molecule has 0 unspecified atom stereocenters. The van der Waals surface area contributed by atoms with E-state index in [-0.39, 0.29) is 5.41 Å². The van der Waals surface area contributed by atoms with Crippen LogP contribution in [-0.4, -0.2) is 7.11 Å². The van der Waals surface area contributed by atoms with Crippen LogP contribution in [0, 0.1) is 0 Å². The van der Waals surface area contributed by atoms with E-state index >= 15 is 0 Å². The predicted molar refractivity (Wildman–Crippen MR) is 60.5 cm³/mol. The first kappa shape index (κ1) is 10.7. The highest BCUT2D eigenvalue weighted by molar-refractivity contribution is 5.66. The van der Waals surface area contributed by atoms with Crippen LogP contribution in [0.2, 0.25) is 0 Å². The van der Waals surface area contributed by atoms with E-state index in [1.807, 2.05) is 6.07 Å². The number of benzene rings is 1. The molecule has 0 saturated carbocycles. The van der Waals surface area contributed by atoms with Crippen molar-refractivity contribution in [3.05, 3.63) is 17.7 Å². The fourth-order valence-electron chi connectivity index (χ4n) is 1.46. The zero-order valence-electron chi connectivity index (χ0n) is 9.22. The number of ether oxygens (including phenoxy) is 1. The minimum Gasteiger partial charge on any atom is -0.494 e. The Bertz CT molecular complexity index is 340. The third-order valence-corrected chi connectivity index (χ3v) is 2.15. The minimum absolute atomic E-state index is 0.0190. The third-order valence-electron chi connectivity index (χ3n) is 2.15. The summed E-state index contributed by atoms with van der Waals surface area (Å²) >= 11 is 0. The van der Waals surface area contributed by atoms with E-state index in [4.69, 9.17) is 16.2 Å². The quantitative estimate of drug-likeness (QED) is 0.673. The van der Waals surface area contributed by atoms with Gasteiger partial charge < -0.3 is 16.2 Å². The average molecular weight is 194 g/mol. The molecule has 0 heterocycles. The van der Waals surface area contributed by atoms with Gasteiger partial charge in [0.25, 0.3) is 0 Å². The van der Waals surface area contributed by atoms with Crippen molar-refractivity contribution in [2.45, 2.75) is 26.2 Å². The first-order valence-electron chi connectivity index (χ1n) is 4.59. The maximum atomic E-state index is 5.82. The Morgan fingerprint density at radius 1 is 1.14 bits per heavy atom. The average Bonchev–Trinajstić information content (AvgIpc) is 2.01. The van der Waals surface area contributed by atoms with Crippen LogP contribution in [0.25, 0.3) is 0 Å². The van der Waals surface area contributed by atoms with Crippen LogP contribution in [-0.2, 0) is 5.41 Å². The highest BCUT2D eigenvalue weighted by Gasteiger charge is 2.20. The Kier molecular flexibility index (Phi) is 2.60. The fourth-order valence-corrected chi connectivity index (χ4v) is 1.46. The number of methoxy groups -OCH3 is 1. The number of hydrogen-bond acceptors (Lipinski definition) is 3. The predicted octanol–water partition coefficient (Wildman–Crippen LogP) is 2.16. The molecule has 0 fully saturated rings. The van der Waals surface area contributed by atoms with Crippen LogP contribution in [0.3, 0.4) is 0 Å². The molecule has 0 radical (unpaired) electrons. The van der Waals surface area contributed by atoms with Gasteiger partial charge in [0.15, 0.2) is 0 Å². The number of hydrogen-bond donors (Lipinski definition) is 2. The molecular formula is C11H18N2O. The summed E-state index contributed by atoms with van der Waals surface area (Å²) in [4.78, 5) is 0. The zero-order chi connectivity index (χ0) is 10.9. The van der Waals surface area contributed by atoms with E-state index in [1.165, 1.54) is 0 Å². The van der Waals surface area contributed by atoms with Crippen molar-refractivity contribution in [1.29, 1.82) is 0 Å². The Balaban J connectivity index is 3.40. The van der Waals surface area contributed by atoms with Crippen molar-refractivity contribution >= 4 is 11.4 Å². The monoisotopic (exact) mass is 194 g/mol. The molecule has 0 aliphatic rings. The Hall–Kier alpha value is -1.38. The molecule has 0 spiro atoms. The van der Waals surface area contributed by atoms with Crippen LogP contribution in [0.15, 0.2) is 12.1 Å². The number of nitrogen functional groups attached to an aromatic ring is 2. The van der Waals surface area contributed by atoms with Gasteiger partial charge in [-0.2, -0.15) is 0 Å². The van der Waals surface area contributed by atoms with Crippen molar-refractivity contribution in [3.63, 3.8) is 0 Å². The molecule has 0 bridgehead atoms. The van der Waals surface area contributed by atoms with E-state index in [1.54, 1.807) is 13.2 Å². The summed E-state index contributed by atoms with van der Waals surface area (Å²) < 4.78 is 5.28. The van der Waals surface area contributed by atoms with Gasteiger partial charge in [0, 0.05) is 11.3 Å². The summed E-state index contributed by atoms with van der Waals surface area (Å²) in [7, 11) is 1.62. The molecule has 0 saturated heterocycles. The molecule has 0 aliphatic heterocycles. The van der Waals surface area contributed by atoms with Gasteiger partial charge >= 0.3 is 0 Å². The fraction of sp³-hybridized carbons (Fsp3) is 0.455. The lowest BCUT2D eigenvalue weighted by Crippen LogP contribution is -2.14. The Morgan fingerprint density at radius 3 is 2.14 bits per heavy atom. The van der Waals surface area contributed by atoms with Gasteiger partial charge in [0.2, 0.25) is 0 Å². The van der Waals surface area contributed by atoms with Crippen LogP contribution >= 0.6 is 0 Å². The van der Waals surface area contributed by atoms with Gasteiger partial charge in [0.05, 0.1) is 12.8 Å². The van der Waals surface area contributed by atoms with Crippen LogP contribution in [0.4, 0.5) is 11.4 Å². The number of anilines is 2. The van der Waals surface area contributed by atoms with Gasteiger partial charge in [0.1, 0.15) is 5.75 Å². The highest BCUT2D eigenvalue weighted by Crippen LogP contribution is 2.37. The zero-order valence-corrected chi connectivity index (χ0v) is 9.22. The molecule has 1 aromatic carbocycles. The minimum atomic E-state index is -0.0190. The highest BCUT2D eigenvalue weighted by atomic mass is 16.5. The summed E-state index contributed by atoms with van der Waals surface area (Å²) in [5.74, 6) is 0.728. The molecule has 0 aliphatic carbocycles. The molecule has 1 aromatic rings. The van der Waals surface area contributed by atoms with Crippen molar-refractivity contribution in [2.75, 3.05) is 18.6 Å². The van der Waals surface area contributed by atoms with E-state index in [9.17, 15) is 0 Å². The maximum absolute atomic E-state index is 5.82. The lowest BCUT2D eigenvalue weighted by atomic mass is 9.85. The molecule has 0 amide bonds. The SMILES string of the molecule is COc1c(N)cc(N)cc1C(C)(C)C. The normalized spacial score (nSPS) is 11.4. The van der Waals surface area contributed by atoms with Crippen molar-refractivity contribution in [2.24, 2.45) is 0 Å². The lowest BCUT2D eigenvalue weighted by molar-refractivity contribution is 0.400. The molecule has 3 heteroatoms. The van der Waals surface area contributed by atoms with Crippen LogP contribution < -0.4 is 16.2 Å². The van der Waals surface area contributed by atoms with Gasteiger partial charge in [-0.1, -0.05) is 20.8 Å². The van der Waals surface area contributed by atoms with E-state index in [0.717, 1.165) is 11.3 Å².